The molecule has 0 aromatic rings. The lowest BCUT2D eigenvalue weighted by atomic mass is 10.2. The summed E-state index contributed by atoms with van der Waals surface area (Å²) >= 11 is 0. The quantitative estimate of drug-likeness (QED) is 0.605. The van der Waals surface area contributed by atoms with Crippen molar-refractivity contribution in [1.82, 2.24) is 10.3 Å². The number of aromatic nitrogens is 2. The average Bonchev–Trinajstić information content (AvgIpc) is 2.49. The number of nitrogens with zero attached hydrogens (tertiary/aromatic N) is 1. The van der Waals surface area contributed by atoms with E-state index in [2.05, 4.69) is 14.9 Å². The molecule has 0 aromatic heterocycles. The van der Waals surface area contributed by atoms with Crippen LogP contribution in [0.15, 0.2) is 22.8 Å². The summed E-state index contributed by atoms with van der Waals surface area (Å²) in [7, 11) is -2.27. The first-order valence-electron chi connectivity index (χ1n) is 3.14. The lowest BCUT2D eigenvalue weighted by molar-refractivity contribution is 0.313. The van der Waals surface area contributed by atoms with Gasteiger partial charge < -0.3 is 0 Å². The van der Waals surface area contributed by atoms with Crippen LogP contribution >= 0.6 is 0 Å². The van der Waals surface area contributed by atoms with E-state index in [-0.39, 0.29) is 4.51 Å². The Bertz CT molecular complexity index is 528. The maximum atomic E-state index is 10.6. The summed E-state index contributed by atoms with van der Waals surface area (Å²) < 4.78 is 25.9. The molecule has 0 bridgehead atoms. The lowest BCUT2D eigenvalue weighted by Crippen LogP contribution is -1.80. The predicted octanol–water partition coefficient (Wildman–Crippen LogP) is 0.519. The zero-order chi connectivity index (χ0) is 8.55. The second-order valence-corrected chi connectivity index (χ2v) is 3.08. The number of hydrogen-bond acceptors (Lipinski definition) is 4. The van der Waals surface area contributed by atoms with Crippen LogP contribution < -0.4 is 0 Å². The molecule has 6 heteroatoms. The Morgan fingerprint density at radius 1 is 1.42 bits per heavy atom. The third-order valence-corrected chi connectivity index (χ3v) is 2.16. The summed E-state index contributed by atoms with van der Waals surface area (Å²) in [5, 5.41) is 5.97. The maximum absolute atomic E-state index is 10.6. The second kappa shape index (κ2) is 2.49. The van der Waals surface area contributed by atoms with Gasteiger partial charge >= 0.3 is 0 Å². The molecule has 0 saturated heterocycles. The number of rotatable bonds is 0. The first-order chi connectivity index (χ1) is 5.79. The molecule has 0 atom stereocenters. The Balaban J connectivity index is 3.10. The van der Waals surface area contributed by atoms with E-state index < -0.39 is 10.3 Å². The van der Waals surface area contributed by atoms with Crippen molar-refractivity contribution >= 4 is 10.3 Å². The van der Waals surface area contributed by atoms with E-state index in [1.54, 1.807) is 12.1 Å². The minimum atomic E-state index is -2.27. The van der Waals surface area contributed by atoms with Gasteiger partial charge in [0.1, 0.15) is 10.2 Å². The smallest absolute Gasteiger partial charge is 0.223 e. The molecule has 0 amide bonds. The van der Waals surface area contributed by atoms with E-state index in [9.17, 15) is 8.42 Å². The van der Waals surface area contributed by atoms with Gasteiger partial charge in [0.15, 0.2) is 5.69 Å². The molecule has 0 aromatic carbocycles. The molecule has 5 nitrogen and oxygen atoms in total. The minimum absolute atomic E-state index is 0.137. The van der Waals surface area contributed by atoms with Crippen LogP contribution in [-0.4, -0.2) is 18.7 Å². The van der Waals surface area contributed by atoms with Gasteiger partial charge in [-0.15, -0.1) is 0 Å². The van der Waals surface area contributed by atoms with E-state index in [4.69, 9.17) is 0 Å². The molecule has 62 valence electrons. The predicted molar refractivity (Wildman–Crippen MR) is 39.6 cm³/mol. The summed E-state index contributed by atoms with van der Waals surface area (Å²) in [6, 6.07) is 4.76. The van der Waals surface area contributed by atoms with Gasteiger partial charge in [-0.05, 0) is 12.1 Å². The standard InChI is InChI=1S/C6H4N2O3S/c9-12(10)5-3-1-2-4-6(5)8-11-7-4/h1-3,7H. The van der Waals surface area contributed by atoms with E-state index in [0.29, 0.717) is 11.4 Å². The first kappa shape index (κ1) is 7.11. The van der Waals surface area contributed by atoms with Gasteiger partial charge in [0, 0.05) is 0 Å². The van der Waals surface area contributed by atoms with E-state index in [1.165, 1.54) is 6.07 Å². The van der Waals surface area contributed by atoms with Crippen molar-refractivity contribution in [3.05, 3.63) is 22.7 Å². The summed E-state index contributed by atoms with van der Waals surface area (Å²) in [5.74, 6) is 0. The van der Waals surface area contributed by atoms with Crippen LogP contribution in [-0.2, 0) is 10.3 Å². The normalized spacial score (nSPS) is 10.3. The van der Waals surface area contributed by atoms with Crippen molar-refractivity contribution in [1.29, 1.82) is 0 Å². The molecule has 2 aliphatic rings. The highest BCUT2D eigenvalue weighted by Gasteiger charge is 2.07. The summed E-state index contributed by atoms with van der Waals surface area (Å²) in [5.41, 5.74) is 0.891. The highest BCUT2D eigenvalue weighted by atomic mass is 32.2. The lowest BCUT2D eigenvalue weighted by Gasteiger charge is -1.87. The van der Waals surface area contributed by atoms with Crippen molar-refractivity contribution < 1.29 is 13.0 Å². The number of benzene rings is 1. The third kappa shape index (κ3) is 0.928. The van der Waals surface area contributed by atoms with Crippen LogP contribution in [0.1, 0.15) is 0 Å². The van der Waals surface area contributed by atoms with Crippen molar-refractivity contribution in [2.75, 3.05) is 0 Å². The molecule has 1 aliphatic carbocycles. The van der Waals surface area contributed by atoms with Crippen LogP contribution in [0.2, 0.25) is 0 Å². The molecule has 2 rings (SSSR count). The fourth-order valence-corrected chi connectivity index (χ4v) is 1.45. The van der Waals surface area contributed by atoms with Crippen molar-refractivity contribution in [2.24, 2.45) is 0 Å². The number of hydrogen-bond donors (Lipinski definition) is 1. The average molecular weight is 184 g/mol. The minimum Gasteiger partial charge on any atom is -0.270 e. The summed E-state index contributed by atoms with van der Waals surface area (Å²) in [6.07, 6.45) is 0. The number of nitrogens with one attached hydrogen (secondary N) is 1. The Hall–Kier alpha value is -1.56. The van der Waals surface area contributed by atoms with Crippen LogP contribution in [0.5, 0.6) is 0 Å². The Kier molecular flexibility index (Phi) is 1.47. The van der Waals surface area contributed by atoms with E-state index >= 15 is 0 Å². The van der Waals surface area contributed by atoms with Gasteiger partial charge in [0.05, 0.1) is 0 Å². The van der Waals surface area contributed by atoms with Crippen molar-refractivity contribution in [2.45, 2.75) is 0 Å². The number of H-pyrrole nitrogens is 1. The van der Waals surface area contributed by atoms with Crippen LogP contribution in [0.4, 0.5) is 0 Å². The topological polar surface area (TPSA) is 76.0 Å². The molecule has 1 N–H and O–H groups in total. The van der Waals surface area contributed by atoms with Crippen LogP contribution in [0, 0.1) is 4.51 Å². The summed E-state index contributed by atoms with van der Waals surface area (Å²) in [4.78, 5) is 0. The van der Waals surface area contributed by atoms with Crippen LogP contribution in [0.25, 0.3) is 11.4 Å². The molecular weight excluding hydrogens is 180 g/mol. The Labute approximate surface area is 68.5 Å². The number of fused-ring (bicyclic) bond motifs is 1. The van der Waals surface area contributed by atoms with Gasteiger partial charge in [0.2, 0.25) is 10.3 Å². The molecule has 1 aliphatic heterocycles. The fraction of sp³-hybridized carbons (Fsp3) is 0. The third-order valence-electron chi connectivity index (χ3n) is 1.47. The number of aromatic amines is 1. The van der Waals surface area contributed by atoms with E-state index in [1.807, 2.05) is 0 Å². The molecule has 12 heavy (non-hydrogen) atoms. The molecule has 0 saturated carbocycles. The molecule has 0 spiro atoms. The molecule has 0 fully saturated rings. The van der Waals surface area contributed by atoms with Gasteiger partial charge in [0.25, 0.3) is 0 Å². The van der Waals surface area contributed by atoms with Crippen molar-refractivity contribution in [3.8, 4) is 11.4 Å². The van der Waals surface area contributed by atoms with Gasteiger partial charge in [-0.3, -0.25) is 4.63 Å². The fourth-order valence-electron chi connectivity index (χ4n) is 0.951. The van der Waals surface area contributed by atoms with Crippen molar-refractivity contribution in [3.63, 3.8) is 0 Å². The molecule has 0 unspecified atom stereocenters. The van der Waals surface area contributed by atoms with E-state index in [0.717, 1.165) is 0 Å². The van der Waals surface area contributed by atoms with Gasteiger partial charge in [-0.1, -0.05) is 11.2 Å². The molecular formula is C6H4N2O3S. The van der Waals surface area contributed by atoms with Gasteiger partial charge in [-0.2, -0.15) is 13.6 Å². The Morgan fingerprint density at radius 3 is 3.00 bits per heavy atom. The zero-order valence-electron chi connectivity index (χ0n) is 5.81. The summed E-state index contributed by atoms with van der Waals surface area (Å²) in [6.45, 7) is 0. The highest BCUT2D eigenvalue weighted by Crippen LogP contribution is 2.15. The molecule has 1 heterocycles. The monoisotopic (exact) mass is 184 g/mol. The Morgan fingerprint density at radius 2 is 2.25 bits per heavy atom. The maximum Gasteiger partial charge on any atom is 0.223 e. The van der Waals surface area contributed by atoms with Crippen LogP contribution in [0.3, 0.4) is 0 Å². The zero-order valence-corrected chi connectivity index (χ0v) is 6.63. The SMILES string of the molecule is O=S(=O)=c1cccc2[nH]onc1-2. The molecule has 0 radical (unpaired) electrons. The first-order valence-corrected chi connectivity index (χ1v) is 4.22. The largest absolute Gasteiger partial charge is 0.270 e. The second-order valence-electron chi connectivity index (χ2n) is 2.17. The highest BCUT2D eigenvalue weighted by molar-refractivity contribution is 7.64. The van der Waals surface area contributed by atoms with Gasteiger partial charge in [-0.25, -0.2) is 0 Å².